The summed E-state index contributed by atoms with van der Waals surface area (Å²) < 4.78 is 1.09. The van der Waals surface area contributed by atoms with Crippen molar-refractivity contribution in [3.63, 3.8) is 0 Å². The summed E-state index contributed by atoms with van der Waals surface area (Å²) in [5, 5.41) is 1.00. The van der Waals surface area contributed by atoms with Crippen LogP contribution in [0.4, 0.5) is 0 Å². The first kappa shape index (κ1) is 21.7. The number of benzene rings is 2. The smallest absolute Gasteiger partial charge is 0.0477 e. The Balaban J connectivity index is 0.000000243. The summed E-state index contributed by atoms with van der Waals surface area (Å²) >= 11 is 12.8. The van der Waals surface area contributed by atoms with Crippen LogP contribution in [0.15, 0.2) is 53.0 Å². The Morgan fingerprint density at radius 3 is 1.96 bits per heavy atom. The lowest BCUT2D eigenvalue weighted by Gasteiger charge is -2.22. The van der Waals surface area contributed by atoms with E-state index >= 15 is 0 Å². The highest BCUT2D eigenvalue weighted by Gasteiger charge is 2.18. The van der Waals surface area contributed by atoms with Crippen LogP contribution in [0.1, 0.15) is 51.3 Å². The third-order valence-corrected chi connectivity index (χ3v) is 6.09. The lowest BCUT2D eigenvalue weighted by atomic mass is 9.84. The minimum absolute atomic E-state index is 0.172. The fourth-order valence-electron chi connectivity index (χ4n) is 2.37. The molecule has 0 nitrogen and oxygen atoms in total. The molecule has 3 heteroatoms. The zero-order valence-electron chi connectivity index (χ0n) is 15.2. The van der Waals surface area contributed by atoms with Crippen molar-refractivity contribution in [2.24, 2.45) is 0 Å². The Labute approximate surface area is 169 Å². The van der Waals surface area contributed by atoms with Gasteiger partial charge in [0, 0.05) is 15.7 Å². The summed E-state index contributed by atoms with van der Waals surface area (Å²) in [5.74, 6) is 0.575. The largest absolute Gasteiger partial charge is 0.122 e. The first-order valence-corrected chi connectivity index (χ1v) is 10.5. The van der Waals surface area contributed by atoms with Crippen LogP contribution in [0, 0.1) is 0 Å². The molecule has 2 aromatic carbocycles. The highest BCUT2D eigenvalue weighted by Crippen LogP contribution is 2.29. The number of hydrogen-bond acceptors (Lipinski definition) is 0. The minimum atomic E-state index is 0.172. The molecule has 0 heterocycles. The molecule has 24 heavy (non-hydrogen) atoms. The number of halogens is 3. The van der Waals surface area contributed by atoms with E-state index in [-0.39, 0.29) is 10.8 Å². The van der Waals surface area contributed by atoms with E-state index in [2.05, 4.69) is 109 Å². The topological polar surface area (TPSA) is 0 Å². The predicted molar refractivity (Wildman–Crippen MR) is 116 cm³/mol. The number of hydrogen-bond donors (Lipinski definition) is 0. The van der Waals surface area contributed by atoms with Crippen LogP contribution in [0.5, 0.6) is 0 Å². The number of alkyl halides is 2. The molecule has 0 aliphatic heterocycles. The van der Waals surface area contributed by atoms with E-state index < -0.39 is 0 Å². The van der Waals surface area contributed by atoms with Gasteiger partial charge in [-0.1, -0.05) is 103 Å². The normalized spacial score (nSPS) is 11.7. The summed E-state index contributed by atoms with van der Waals surface area (Å²) in [4.78, 5) is 0. The van der Waals surface area contributed by atoms with Gasteiger partial charge in [0.1, 0.15) is 0 Å². The SMILES string of the molecule is CC(C)(C)c1ccc(Br)cc1CCl.CC(C)(CBr)c1ccccc1. The van der Waals surface area contributed by atoms with Gasteiger partial charge in [-0.05, 0) is 39.7 Å². The standard InChI is InChI=1S/C11H14BrCl.C10H13Br/c1-11(2,3)10-5-4-9(12)6-8(10)7-13;1-10(2,8-11)9-6-4-3-5-7-9/h4-6H,7H2,1-3H3;3-7H,8H2,1-2H3. The van der Waals surface area contributed by atoms with Gasteiger partial charge in [0.25, 0.3) is 0 Å². The van der Waals surface area contributed by atoms with E-state index in [4.69, 9.17) is 11.6 Å². The van der Waals surface area contributed by atoms with E-state index in [1.54, 1.807) is 0 Å². The van der Waals surface area contributed by atoms with Gasteiger partial charge in [0.15, 0.2) is 0 Å². The quantitative estimate of drug-likeness (QED) is 0.397. The molecule has 132 valence electrons. The van der Waals surface area contributed by atoms with Gasteiger partial charge in [-0.25, -0.2) is 0 Å². The van der Waals surface area contributed by atoms with Crippen molar-refractivity contribution in [3.8, 4) is 0 Å². The maximum Gasteiger partial charge on any atom is 0.0477 e. The molecule has 0 atom stereocenters. The molecule has 0 fully saturated rings. The van der Waals surface area contributed by atoms with Crippen LogP contribution in [0.2, 0.25) is 0 Å². The lowest BCUT2D eigenvalue weighted by Crippen LogP contribution is -2.18. The Kier molecular flexibility index (Phi) is 8.52. The summed E-state index contributed by atoms with van der Waals surface area (Å²) in [6.07, 6.45) is 0. The zero-order valence-corrected chi connectivity index (χ0v) is 19.1. The first-order chi connectivity index (χ1) is 11.1. The zero-order chi connectivity index (χ0) is 18.4. The second-order valence-electron chi connectivity index (χ2n) is 7.57. The fourth-order valence-corrected chi connectivity index (χ4v) is 3.32. The van der Waals surface area contributed by atoms with Crippen LogP contribution < -0.4 is 0 Å². The molecule has 0 amide bonds. The average molecular weight is 475 g/mol. The van der Waals surface area contributed by atoms with Crippen molar-refractivity contribution >= 4 is 43.5 Å². The van der Waals surface area contributed by atoms with Gasteiger partial charge >= 0.3 is 0 Å². The lowest BCUT2D eigenvalue weighted by molar-refractivity contribution is 0.585. The maximum absolute atomic E-state index is 5.89. The van der Waals surface area contributed by atoms with Crippen LogP contribution in [0.25, 0.3) is 0 Å². The first-order valence-electron chi connectivity index (χ1n) is 8.08. The van der Waals surface area contributed by atoms with Crippen LogP contribution >= 0.6 is 43.5 Å². The second kappa shape index (κ2) is 9.40. The fraction of sp³-hybridized carbons (Fsp3) is 0.429. The van der Waals surface area contributed by atoms with Crippen LogP contribution in [-0.2, 0) is 16.7 Å². The maximum atomic E-state index is 5.89. The Bertz CT molecular complexity index is 628. The van der Waals surface area contributed by atoms with E-state index in [0.717, 1.165) is 9.80 Å². The molecule has 0 unspecified atom stereocenters. The van der Waals surface area contributed by atoms with Gasteiger partial charge in [-0.15, -0.1) is 11.6 Å². The molecule has 0 aliphatic rings. The van der Waals surface area contributed by atoms with E-state index in [0.29, 0.717) is 5.88 Å². The van der Waals surface area contributed by atoms with Gasteiger partial charge in [0.05, 0.1) is 0 Å². The minimum Gasteiger partial charge on any atom is -0.122 e. The predicted octanol–water partition coefficient (Wildman–Crippen LogP) is 7.84. The van der Waals surface area contributed by atoms with Crippen LogP contribution in [-0.4, -0.2) is 5.33 Å². The van der Waals surface area contributed by atoms with Gasteiger partial charge in [-0.3, -0.25) is 0 Å². The average Bonchev–Trinajstić information content (AvgIpc) is 2.55. The molecular weight excluding hydrogens is 447 g/mol. The molecule has 0 aliphatic carbocycles. The van der Waals surface area contributed by atoms with E-state index in [1.807, 2.05) is 6.07 Å². The molecular formula is C21H27Br2Cl. The summed E-state index contributed by atoms with van der Waals surface area (Å²) in [5.41, 5.74) is 4.35. The molecule has 2 rings (SSSR count). The highest BCUT2D eigenvalue weighted by molar-refractivity contribution is 9.10. The van der Waals surface area contributed by atoms with E-state index in [1.165, 1.54) is 16.7 Å². The third kappa shape index (κ3) is 6.54. The van der Waals surface area contributed by atoms with E-state index in [9.17, 15) is 0 Å². The van der Waals surface area contributed by atoms with Crippen molar-refractivity contribution in [1.29, 1.82) is 0 Å². The molecule has 0 radical (unpaired) electrons. The molecule has 0 saturated carbocycles. The van der Waals surface area contributed by atoms with Gasteiger partial charge in [0.2, 0.25) is 0 Å². The van der Waals surface area contributed by atoms with Gasteiger partial charge < -0.3 is 0 Å². The molecule has 0 saturated heterocycles. The Morgan fingerprint density at radius 2 is 1.50 bits per heavy atom. The number of rotatable bonds is 3. The van der Waals surface area contributed by atoms with Crippen molar-refractivity contribution < 1.29 is 0 Å². The molecule has 0 aromatic heterocycles. The van der Waals surface area contributed by atoms with Crippen molar-refractivity contribution in [1.82, 2.24) is 0 Å². The molecule has 0 N–H and O–H groups in total. The molecule has 0 bridgehead atoms. The Hall–Kier alpha value is -0.310. The highest BCUT2D eigenvalue weighted by atomic mass is 79.9. The molecule has 2 aromatic rings. The summed E-state index contributed by atoms with van der Waals surface area (Å²) in [7, 11) is 0. The second-order valence-corrected chi connectivity index (χ2v) is 9.31. The van der Waals surface area contributed by atoms with Gasteiger partial charge in [-0.2, -0.15) is 0 Å². The van der Waals surface area contributed by atoms with Crippen molar-refractivity contribution in [2.75, 3.05) is 5.33 Å². The van der Waals surface area contributed by atoms with Crippen molar-refractivity contribution in [2.45, 2.75) is 51.3 Å². The molecule has 0 spiro atoms. The van der Waals surface area contributed by atoms with Crippen molar-refractivity contribution in [3.05, 3.63) is 69.7 Å². The Morgan fingerprint density at radius 1 is 0.917 bits per heavy atom. The summed E-state index contributed by atoms with van der Waals surface area (Å²) in [6.45, 7) is 11.1. The summed E-state index contributed by atoms with van der Waals surface area (Å²) in [6, 6.07) is 16.8. The monoisotopic (exact) mass is 472 g/mol. The van der Waals surface area contributed by atoms with Crippen LogP contribution in [0.3, 0.4) is 0 Å². The third-order valence-electron chi connectivity index (χ3n) is 3.91.